The van der Waals surface area contributed by atoms with E-state index in [2.05, 4.69) is 27.4 Å². The highest BCUT2D eigenvalue weighted by Gasteiger charge is 1.96. The van der Waals surface area contributed by atoms with Crippen LogP contribution in [0.15, 0.2) is 23.8 Å². The van der Waals surface area contributed by atoms with Crippen LogP contribution in [0.1, 0.15) is 59.3 Å². The summed E-state index contributed by atoms with van der Waals surface area (Å²) in [5.41, 5.74) is 3.20. The predicted molar refractivity (Wildman–Crippen MR) is 61.9 cm³/mol. The zero-order valence-corrected chi connectivity index (χ0v) is 9.53. The smallest absolute Gasteiger partial charge is 0.0318 e. The zero-order chi connectivity index (χ0) is 10.1. The molecule has 0 aliphatic heterocycles. The lowest BCUT2D eigenvalue weighted by Gasteiger charge is -2.06. The van der Waals surface area contributed by atoms with Crippen molar-refractivity contribution in [1.82, 2.24) is 0 Å². The Morgan fingerprint density at radius 1 is 1.08 bits per heavy atom. The first kappa shape index (κ1) is 12.5. The van der Waals surface area contributed by atoms with E-state index >= 15 is 0 Å². The van der Waals surface area contributed by atoms with Crippen LogP contribution in [0.3, 0.4) is 0 Å². The van der Waals surface area contributed by atoms with Crippen molar-refractivity contribution in [3.05, 3.63) is 23.8 Å². The van der Waals surface area contributed by atoms with E-state index in [0.717, 1.165) is 6.42 Å². The fraction of sp³-hybridized carbons (Fsp3) is 0.692. The Bertz CT molecular complexity index is 163. The average Bonchev–Trinajstić information content (AvgIpc) is 2.14. The van der Waals surface area contributed by atoms with Crippen LogP contribution < -0.4 is 0 Å². The second-order valence-corrected chi connectivity index (χ2v) is 3.85. The topological polar surface area (TPSA) is 0 Å². The number of hydrogen-bond donors (Lipinski definition) is 0. The highest BCUT2D eigenvalue weighted by atomic mass is 14.0. The third-order valence-corrected chi connectivity index (χ3v) is 2.59. The van der Waals surface area contributed by atoms with Gasteiger partial charge in [0.15, 0.2) is 0 Å². The van der Waals surface area contributed by atoms with Crippen molar-refractivity contribution in [3.8, 4) is 0 Å². The van der Waals surface area contributed by atoms with Gasteiger partial charge in [-0.05, 0) is 46.0 Å². The maximum atomic E-state index is 3.74. The Morgan fingerprint density at radius 3 is 2.08 bits per heavy atom. The maximum absolute atomic E-state index is 3.74. The summed E-state index contributed by atoms with van der Waals surface area (Å²) in [6.07, 6.45) is 9.60. The van der Waals surface area contributed by atoms with Crippen molar-refractivity contribution >= 4 is 0 Å². The van der Waals surface area contributed by atoms with Crippen molar-refractivity contribution in [2.24, 2.45) is 0 Å². The summed E-state index contributed by atoms with van der Waals surface area (Å²) in [4.78, 5) is 0. The number of rotatable bonds is 7. The van der Waals surface area contributed by atoms with Gasteiger partial charge in [-0.2, -0.15) is 0 Å². The summed E-state index contributed by atoms with van der Waals surface area (Å²) >= 11 is 0. The van der Waals surface area contributed by atoms with E-state index < -0.39 is 0 Å². The fourth-order valence-corrected chi connectivity index (χ4v) is 1.38. The normalized spacial score (nSPS) is 12.5. The molecule has 0 heteroatoms. The molecule has 0 nitrogen and oxygen atoms in total. The molecule has 0 aliphatic carbocycles. The lowest BCUT2D eigenvalue weighted by atomic mass is 10.0. The number of allylic oxidation sites excluding steroid dienone is 3. The summed E-state index contributed by atoms with van der Waals surface area (Å²) in [5.74, 6) is 0. The molecule has 0 aromatic heterocycles. The van der Waals surface area contributed by atoms with Crippen LogP contribution in [0.5, 0.6) is 0 Å². The number of unbranched alkanes of at least 4 members (excludes halogenated alkanes) is 2. The van der Waals surface area contributed by atoms with Gasteiger partial charge in [-0.3, -0.25) is 0 Å². The van der Waals surface area contributed by atoms with E-state index in [4.69, 9.17) is 0 Å². The van der Waals surface area contributed by atoms with Gasteiger partial charge in [-0.15, -0.1) is 6.58 Å². The average molecular weight is 180 g/mol. The van der Waals surface area contributed by atoms with Gasteiger partial charge in [0, 0.05) is 0 Å². The third-order valence-electron chi connectivity index (χ3n) is 2.59. The largest absolute Gasteiger partial charge is 0.103 e. The van der Waals surface area contributed by atoms with Crippen LogP contribution >= 0.6 is 0 Å². The molecule has 13 heavy (non-hydrogen) atoms. The van der Waals surface area contributed by atoms with Crippen LogP contribution in [0.4, 0.5) is 0 Å². The third kappa shape index (κ3) is 6.62. The Kier molecular flexibility index (Phi) is 7.77. The summed E-state index contributed by atoms with van der Waals surface area (Å²) in [6, 6.07) is 0. The molecule has 0 unspecified atom stereocenters. The molecule has 0 heterocycles. The minimum atomic E-state index is 1.15. The van der Waals surface area contributed by atoms with Gasteiger partial charge in [0.05, 0.1) is 0 Å². The molecule has 0 fully saturated rings. The minimum Gasteiger partial charge on any atom is -0.103 e. The van der Waals surface area contributed by atoms with Gasteiger partial charge >= 0.3 is 0 Å². The van der Waals surface area contributed by atoms with Crippen molar-refractivity contribution < 1.29 is 0 Å². The van der Waals surface area contributed by atoms with E-state index in [1.165, 1.54) is 32.1 Å². The van der Waals surface area contributed by atoms with Crippen molar-refractivity contribution in [2.75, 3.05) is 0 Å². The molecule has 76 valence electrons. The molecular weight excluding hydrogens is 156 g/mol. The van der Waals surface area contributed by atoms with Gasteiger partial charge in [0.2, 0.25) is 0 Å². The molecule has 0 spiro atoms. The molecule has 0 aromatic carbocycles. The molecule has 0 rings (SSSR count). The van der Waals surface area contributed by atoms with Gasteiger partial charge in [0.1, 0.15) is 0 Å². The standard InChI is InChI=1S/C13H24/c1-5-7-9-11-13(4)12(3)10-8-6-2/h5H,1,6-11H2,2-4H3. The quantitative estimate of drug-likeness (QED) is 0.387. The maximum Gasteiger partial charge on any atom is -0.0318 e. The first-order valence-electron chi connectivity index (χ1n) is 5.48. The number of hydrogen-bond acceptors (Lipinski definition) is 0. The van der Waals surface area contributed by atoms with Crippen LogP contribution in [0.2, 0.25) is 0 Å². The molecule has 0 saturated heterocycles. The van der Waals surface area contributed by atoms with Crippen molar-refractivity contribution in [3.63, 3.8) is 0 Å². The predicted octanol–water partition coefficient (Wildman–Crippen LogP) is 4.87. The first-order chi connectivity index (χ1) is 6.22. The fourth-order valence-electron chi connectivity index (χ4n) is 1.38. The minimum absolute atomic E-state index is 1.15. The van der Waals surface area contributed by atoms with Crippen molar-refractivity contribution in [2.45, 2.75) is 59.3 Å². The summed E-state index contributed by atoms with van der Waals surface area (Å²) in [6.45, 7) is 10.5. The summed E-state index contributed by atoms with van der Waals surface area (Å²) in [5, 5.41) is 0. The SMILES string of the molecule is C=CCCCC(C)=C(C)CCCC. The monoisotopic (exact) mass is 180 g/mol. The van der Waals surface area contributed by atoms with Gasteiger partial charge in [-0.1, -0.05) is 30.6 Å². The van der Waals surface area contributed by atoms with Crippen LogP contribution in [-0.4, -0.2) is 0 Å². The van der Waals surface area contributed by atoms with E-state index in [1.807, 2.05) is 6.08 Å². The van der Waals surface area contributed by atoms with Gasteiger partial charge < -0.3 is 0 Å². The molecule has 0 radical (unpaired) electrons. The summed E-state index contributed by atoms with van der Waals surface area (Å²) < 4.78 is 0. The van der Waals surface area contributed by atoms with Crippen LogP contribution in [0, 0.1) is 0 Å². The molecule has 0 amide bonds. The first-order valence-corrected chi connectivity index (χ1v) is 5.48. The molecule has 0 saturated carbocycles. The van der Waals surface area contributed by atoms with E-state index in [9.17, 15) is 0 Å². The molecule has 0 bridgehead atoms. The Balaban J connectivity index is 3.73. The Morgan fingerprint density at radius 2 is 1.62 bits per heavy atom. The van der Waals surface area contributed by atoms with Crippen LogP contribution in [0.25, 0.3) is 0 Å². The van der Waals surface area contributed by atoms with E-state index in [-0.39, 0.29) is 0 Å². The second-order valence-electron chi connectivity index (χ2n) is 3.85. The summed E-state index contributed by atoms with van der Waals surface area (Å²) in [7, 11) is 0. The zero-order valence-electron chi connectivity index (χ0n) is 9.53. The second kappa shape index (κ2) is 8.10. The highest BCUT2D eigenvalue weighted by molar-refractivity contribution is 5.09. The van der Waals surface area contributed by atoms with E-state index in [1.54, 1.807) is 11.1 Å². The van der Waals surface area contributed by atoms with Gasteiger partial charge in [-0.25, -0.2) is 0 Å². The van der Waals surface area contributed by atoms with Crippen LogP contribution in [-0.2, 0) is 0 Å². The lowest BCUT2D eigenvalue weighted by Crippen LogP contribution is -1.86. The van der Waals surface area contributed by atoms with Gasteiger partial charge in [0.25, 0.3) is 0 Å². The molecule has 0 aliphatic rings. The molecule has 0 N–H and O–H groups in total. The Hall–Kier alpha value is -0.520. The van der Waals surface area contributed by atoms with Crippen molar-refractivity contribution in [1.29, 1.82) is 0 Å². The lowest BCUT2D eigenvalue weighted by molar-refractivity contribution is 0.758. The molecular formula is C13H24. The molecule has 0 aromatic rings. The van der Waals surface area contributed by atoms with E-state index in [0.29, 0.717) is 0 Å². The molecule has 0 atom stereocenters. The highest BCUT2D eigenvalue weighted by Crippen LogP contribution is 2.16. The Labute approximate surface area is 83.7 Å².